The lowest BCUT2D eigenvalue weighted by Gasteiger charge is -2.17. The third-order valence-electron chi connectivity index (χ3n) is 2.19. The van der Waals surface area contributed by atoms with Crippen molar-refractivity contribution in [1.82, 2.24) is 4.90 Å². The average Bonchev–Trinajstić information content (AvgIpc) is 2.26. The molecule has 0 bridgehead atoms. The molecule has 4 nitrogen and oxygen atoms in total. The Hall–Kier alpha value is -1.83. The molecule has 0 heterocycles. The maximum Gasteiger partial charge on any atom is 0.255 e. The molecular weight excluding hydrogens is 254 g/mol. The molecule has 0 unspecified atom stereocenters. The fourth-order valence-corrected chi connectivity index (χ4v) is 1.34. The van der Waals surface area contributed by atoms with Crippen molar-refractivity contribution in [3.05, 3.63) is 29.3 Å². The van der Waals surface area contributed by atoms with Crippen molar-refractivity contribution >= 4 is 11.6 Å². The highest BCUT2D eigenvalue weighted by Gasteiger charge is 2.19. The van der Waals surface area contributed by atoms with Crippen LogP contribution in [0.1, 0.15) is 10.4 Å². The number of amides is 1. The van der Waals surface area contributed by atoms with Crippen LogP contribution >= 0.6 is 0 Å². The van der Waals surface area contributed by atoms with E-state index in [1.165, 1.54) is 0 Å². The molecule has 0 spiro atoms. The van der Waals surface area contributed by atoms with Gasteiger partial charge in [0.2, 0.25) is 0 Å². The minimum atomic E-state index is -2.72. The summed E-state index contributed by atoms with van der Waals surface area (Å²) in [6.07, 6.45) is -2.72. The number of halogens is 4. The number of carbonyl (C=O) groups excluding carboxylic acids is 1. The van der Waals surface area contributed by atoms with Gasteiger partial charge in [0.15, 0.2) is 11.6 Å². The number of benzene rings is 1. The Labute approximate surface area is 100 Å². The van der Waals surface area contributed by atoms with E-state index in [0.29, 0.717) is 4.90 Å². The van der Waals surface area contributed by atoms with E-state index in [9.17, 15) is 22.4 Å². The Bertz CT molecular complexity index is 430. The number of rotatable bonds is 4. The van der Waals surface area contributed by atoms with Crippen molar-refractivity contribution in [3.8, 4) is 0 Å². The first-order chi connectivity index (χ1) is 8.36. The molecule has 0 fully saturated rings. The van der Waals surface area contributed by atoms with Gasteiger partial charge < -0.3 is 10.3 Å². The molecule has 8 heteroatoms. The highest BCUT2D eigenvalue weighted by molar-refractivity contribution is 5.94. The van der Waals surface area contributed by atoms with E-state index in [0.717, 1.165) is 19.2 Å². The monoisotopic (exact) mass is 265 g/mol. The number of hydrogen-bond donors (Lipinski definition) is 2. The molecule has 1 rings (SSSR count). The minimum absolute atomic E-state index is 0.368. The smallest absolute Gasteiger partial charge is 0.255 e. The van der Waals surface area contributed by atoms with Crippen LogP contribution in [0.25, 0.3) is 0 Å². The van der Waals surface area contributed by atoms with E-state index >= 15 is 0 Å². The number of nitrogens with two attached hydrogens (primary N) is 1. The van der Waals surface area contributed by atoms with Crippen molar-refractivity contribution in [2.75, 3.05) is 19.0 Å². The lowest BCUT2D eigenvalue weighted by atomic mass is 10.1. The highest BCUT2D eigenvalue weighted by atomic mass is 19.3. The van der Waals surface area contributed by atoms with Gasteiger partial charge in [-0.3, -0.25) is 10.6 Å². The van der Waals surface area contributed by atoms with Gasteiger partial charge in [0.1, 0.15) is 5.69 Å². The number of anilines is 1. The van der Waals surface area contributed by atoms with Crippen molar-refractivity contribution in [3.63, 3.8) is 0 Å². The molecule has 0 aliphatic heterocycles. The van der Waals surface area contributed by atoms with Crippen LogP contribution in [0.2, 0.25) is 0 Å². The summed E-state index contributed by atoms with van der Waals surface area (Å²) in [5.41, 5.74) is 0.833. The van der Waals surface area contributed by atoms with Crippen LogP contribution in [-0.2, 0) is 0 Å². The number of hydrazine groups is 1. The fraction of sp³-hybridized carbons (Fsp3) is 0.300. The van der Waals surface area contributed by atoms with Crippen molar-refractivity contribution in [1.29, 1.82) is 0 Å². The third-order valence-corrected chi connectivity index (χ3v) is 2.19. The van der Waals surface area contributed by atoms with E-state index in [1.54, 1.807) is 5.43 Å². The van der Waals surface area contributed by atoms with Crippen molar-refractivity contribution in [2.24, 2.45) is 5.84 Å². The summed E-state index contributed by atoms with van der Waals surface area (Å²) in [4.78, 5) is 12.3. The molecule has 1 aromatic carbocycles. The largest absolute Gasteiger partial charge is 0.336 e. The molecule has 1 amide bonds. The SMILES string of the molecule is CN(CC(F)F)C(=O)c1cc(F)c(NN)c(F)c1. The van der Waals surface area contributed by atoms with Crippen LogP contribution in [0.5, 0.6) is 0 Å². The lowest BCUT2D eigenvalue weighted by Crippen LogP contribution is -2.31. The van der Waals surface area contributed by atoms with Gasteiger partial charge in [0.05, 0.1) is 6.54 Å². The van der Waals surface area contributed by atoms with Crippen LogP contribution in [0.15, 0.2) is 12.1 Å². The molecule has 1 aromatic rings. The average molecular weight is 265 g/mol. The van der Waals surface area contributed by atoms with Gasteiger partial charge in [-0.1, -0.05) is 0 Å². The second-order valence-corrected chi connectivity index (χ2v) is 3.54. The fourth-order valence-electron chi connectivity index (χ4n) is 1.34. The first kappa shape index (κ1) is 14.2. The Morgan fingerprint density at radius 2 is 1.89 bits per heavy atom. The van der Waals surface area contributed by atoms with E-state index in [4.69, 9.17) is 5.84 Å². The van der Waals surface area contributed by atoms with Gasteiger partial charge in [-0.15, -0.1) is 0 Å². The number of alkyl halides is 2. The molecule has 0 radical (unpaired) electrons. The molecule has 100 valence electrons. The summed E-state index contributed by atoms with van der Waals surface area (Å²) in [6, 6.07) is 1.45. The van der Waals surface area contributed by atoms with E-state index < -0.39 is 36.2 Å². The first-order valence-electron chi connectivity index (χ1n) is 4.86. The van der Waals surface area contributed by atoms with E-state index in [-0.39, 0.29) is 5.56 Å². The molecule has 0 atom stereocenters. The van der Waals surface area contributed by atoms with Gasteiger partial charge in [-0.25, -0.2) is 17.6 Å². The van der Waals surface area contributed by atoms with Gasteiger partial charge in [-0.05, 0) is 12.1 Å². The molecule has 0 aliphatic carbocycles. The Morgan fingerprint density at radius 1 is 1.39 bits per heavy atom. The summed E-state index contributed by atoms with van der Waals surface area (Å²) < 4.78 is 50.7. The Kier molecular flexibility index (Phi) is 4.49. The summed E-state index contributed by atoms with van der Waals surface area (Å²) >= 11 is 0. The summed E-state index contributed by atoms with van der Waals surface area (Å²) in [7, 11) is 1.11. The third kappa shape index (κ3) is 3.10. The quantitative estimate of drug-likeness (QED) is 0.494. The number of hydrogen-bond acceptors (Lipinski definition) is 3. The maximum atomic E-state index is 13.3. The van der Waals surface area contributed by atoms with Crippen LogP contribution < -0.4 is 11.3 Å². The number of nitrogens with zero attached hydrogens (tertiary/aromatic N) is 1. The summed E-state index contributed by atoms with van der Waals surface area (Å²) in [5.74, 6) is 1.82. The normalized spacial score (nSPS) is 10.6. The van der Waals surface area contributed by atoms with Crippen molar-refractivity contribution in [2.45, 2.75) is 6.43 Å². The van der Waals surface area contributed by atoms with Gasteiger partial charge >= 0.3 is 0 Å². The maximum absolute atomic E-state index is 13.3. The molecular formula is C10H11F4N3O. The molecule has 18 heavy (non-hydrogen) atoms. The second-order valence-electron chi connectivity index (χ2n) is 3.54. The molecule has 0 aliphatic rings. The predicted octanol–water partition coefficient (Wildman–Crippen LogP) is 1.59. The highest BCUT2D eigenvalue weighted by Crippen LogP contribution is 2.20. The number of nitrogen functional groups attached to an aromatic ring is 1. The summed E-state index contributed by atoms with van der Waals surface area (Å²) in [6.45, 7) is -0.820. The second kappa shape index (κ2) is 5.67. The summed E-state index contributed by atoms with van der Waals surface area (Å²) in [5, 5.41) is 0. The minimum Gasteiger partial charge on any atom is -0.336 e. The van der Waals surface area contributed by atoms with Gasteiger partial charge in [0, 0.05) is 12.6 Å². The topological polar surface area (TPSA) is 58.4 Å². The van der Waals surface area contributed by atoms with Gasteiger partial charge in [-0.2, -0.15) is 0 Å². The molecule has 0 saturated carbocycles. The zero-order valence-electron chi connectivity index (χ0n) is 9.38. The standard InChI is InChI=1S/C10H11F4N3O/c1-17(4-8(13)14)10(18)5-2-6(11)9(16-15)7(12)3-5/h2-3,8,16H,4,15H2,1H3. The van der Waals surface area contributed by atoms with Gasteiger partial charge in [0.25, 0.3) is 12.3 Å². The Morgan fingerprint density at radius 3 is 2.28 bits per heavy atom. The molecule has 3 N–H and O–H groups in total. The van der Waals surface area contributed by atoms with Crippen LogP contribution in [-0.4, -0.2) is 30.8 Å². The molecule has 0 saturated heterocycles. The van der Waals surface area contributed by atoms with E-state index in [2.05, 4.69) is 0 Å². The van der Waals surface area contributed by atoms with Crippen LogP contribution in [0, 0.1) is 11.6 Å². The van der Waals surface area contributed by atoms with Crippen LogP contribution in [0.4, 0.5) is 23.2 Å². The Balaban J connectivity index is 3.00. The number of nitrogens with one attached hydrogen (secondary N) is 1. The lowest BCUT2D eigenvalue weighted by molar-refractivity contribution is 0.0619. The zero-order valence-corrected chi connectivity index (χ0v) is 9.38. The molecule has 0 aromatic heterocycles. The predicted molar refractivity (Wildman–Crippen MR) is 57.1 cm³/mol. The first-order valence-corrected chi connectivity index (χ1v) is 4.86. The van der Waals surface area contributed by atoms with E-state index in [1.807, 2.05) is 0 Å². The van der Waals surface area contributed by atoms with Crippen LogP contribution in [0.3, 0.4) is 0 Å². The zero-order chi connectivity index (χ0) is 13.9. The van der Waals surface area contributed by atoms with Crippen molar-refractivity contribution < 1.29 is 22.4 Å². The number of carbonyl (C=O) groups is 1.